The van der Waals surface area contributed by atoms with Crippen molar-refractivity contribution in [1.29, 1.82) is 0 Å². The maximum absolute atomic E-state index is 12.2. The lowest BCUT2D eigenvalue weighted by molar-refractivity contribution is 0.0992. The Kier molecular flexibility index (Phi) is 6.54. The average molecular weight is 309 g/mol. The minimum atomic E-state index is 0.132. The van der Waals surface area contributed by atoms with E-state index in [1.54, 1.807) is 0 Å². The Morgan fingerprint density at radius 3 is 2.32 bits per heavy atom. The fourth-order valence-corrected chi connectivity index (χ4v) is 4.03. The molecular formula is C18H35N3O. The van der Waals surface area contributed by atoms with E-state index in [9.17, 15) is 4.79 Å². The largest absolute Gasteiger partial charge is 0.336 e. The molecule has 0 aromatic heterocycles. The number of rotatable bonds is 4. The van der Waals surface area contributed by atoms with E-state index in [0.29, 0.717) is 0 Å². The Bertz CT molecular complexity index is 342. The van der Waals surface area contributed by atoms with E-state index in [-0.39, 0.29) is 12.1 Å². The molecule has 2 aliphatic rings. The standard InChI is InChI=1S/C18H35N3O/c1-5-16(4)19-18(22)21-8-6-17(7-9-21)13-20-11-14(2)10-15(3)12-20/h14-17H,5-13H2,1-4H3,(H,19,22)/t14-,15+,16-/m0/s1. The van der Waals surface area contributed by atoms with E-state index in [0.717, 1.165) is 50.1 Å². The first-order valence-electron chi connectivity index (χ1n) is 9.25. The fraction of sp³-hybridized carbons (Fsp3) is 0.944. The van der Waals surface area contributed by atoms with Crippen molar-refractivity contribution >= 4 is 6.03 Å². The Morgan fingerprint density at radius 1 is 1.18 bits per heavy atom. The molecule has 4 heteroatoms. The van der Waals surface area contributed by atoms with Gasteiger partial charge in [0.25, 0.3) is 0 Å². The molecule has 0 aliphatic carbocycles. The second-order valence-corrected chi connectivity index (χ2v) is 7.85. The molecule has 0 spiro atoms. The van der Waals surface area contributed by atoms with Crippen molar-refractivity contribution < 1.29 is 4.79 Å². The predicted molar refractivity (Wildman–Crippen MR) is 92.0 cm³/mol. The van der Waals surface area contributed by atoms with Crippen LogP contribution in [-0.4, -0.2) is 54.6 Å². The molecule has 2 fully saturated rings. The molecule has 4 nitrogen and oxygen atoms in total. The van der Waals surface area contributed by atoms with E-state index in [4.69, 9.17) is 0 Å². The monoisotopic (exact) mass is 309 g/mol. The molecular weight excluding hydrogens is 274 g/mol. The van der Waals surface area contributed by atoms with Crippen molar-refractivity contribution in [1.82, 2.24) is 15.1 Å². The van der Waals surface area contributed by atoms with Gasteiger partial charge in [0.2, 0.25) is 0 Å². The van der Waals surface area contributed by atoms with Crippen molar-refractivity contribution in [3.63, 3.8) is 0 Å². The van der Waals surface area contributed by atoms with Crippen molar-refractivity contribution in [3.05, 3.63) is 0 Å². The van der Waals surface area contributed by atoms with Gasteiger partial charge in [-0.05, 0) is 50.4 Å². The molecule has 3 atom stereocenters. The molecule has 0 aromatic carbocycles. The first-order chi connectivity index (χ1) is 10.5. The van der Waals surface area contributed by atoms with Crippen LogP contribution in [0.5, 0.6) is 0 Å². The van der Waals surface area contributed by atoms with E-state index in [1.165, 1.54) is 26.1 Å². The summed E-state index contributed by atoms with van der Waals surface area (Å²) in [5.41, 5.74) is 0. The van der Waals surface area contributed by atoms with Crippen molar-refractivity contribution in [2.75, 3.05) is 32.7 Å². The first-order valence-corrected chi connectivity index (χ1v) is 9.25. The smallest absolute Gasteiger partial charge is 0.317 e. The summed E-state index contributed by atoms with van der Waals surface area (Å²) in [5.74, 6) is 2.44. The van der Waals surface area contributed by atoms with Crippen LogP contribution < -0.4 is 5.32 Å². The van der Waals surface area contributed by atoms with Gasteiger partial charge in [0, 0.05) is 38.8 Å². The van der Waals surface area contributed by atoms with Gasteiger partial charge < -0.3 is 15.1 Å². The number of nitrogens with one attached hydrogen (secondary N) is 1. The Labute approximate surface area is 136 Å². The van der Waals surface area contributed by atoms with Crippen molar-refractivity contribution in [3.8, 4) is 0 Å². The second-order valence-electron chi connectivity index (χ2n) is 7.85. The van der Waals surface area contributed by atoms with Crippen LogP contribution in [-0.2, 0) is 0 Å². The number of likely N-dealkylation sites (tertiary alicyclic amines) is 2. The summed E-state index contributed by atoms with van der Waals surface area (Å²) in [6, 6.07) is 0.412. The van der Waals surface area contributed by atoms with Crippen LogP contribution in [0, 0.1) is 17.8 Å². The third-order valence-electron chi connectivity index (χ3n) is 5.34. The van der Waals surface area contributed by atoms with E-state index >= 15 is 0 Å². The van der Waals surface area contributed by atoms with Crippen LogP contribution in [0.4, 0.5) is 4.79 Å². The third-order valence-corrected chi connectivity index (χ3v) is 5.34. The summed E-state index contributed by atoms with van der Waals surface area (Å²) in [5, 5.41) is 3.08. The van der Waals surface area contributed by atoms with Gasteiger partial charge in [-0.25, -0.2) is 4.79 Å². The number of urea groups is 1. The number of nitrogens with zero attached hydrogens (tertiary/aromatic N) is 2. The lowest BCUT2D eigenvalue weighted by Crippen LogP contribution is -2.49. The molecule has 2 heterocycles. The molecule has 2 aliphatic heterocycles. The molecule has 1 N–H and O–H groups in total. The molecule has 0 unspecified atom stereocenters. The van der Waals surface area contributed by atoms with E-state index < -0.39 is 0 Å². The van der Waals surface area contributed by atoms with E-state index in [2.05, 4.69) is 37.9 Å². The first kappa shape index (κ1) is 17.6. The van der Waals surface area contributed by atoms with Crippen molar-refractivity contribution in [2.24, 2.45) is 17.8 Å². The number of amides is 2. The van der Waals surface area contributed by atoms with Crippen LogP contribution >= 0.6 is 0 Å². The minimum absolute atomic E-state index is 0.132. The predicted octanol–water partition coefficient (Wildman–Crippen LogP) is 3.18. The lowest BCUT2D eigenvalue weighted by atomic mass is 9.89. The summed E-state index contributed by atoms with van der Waals surface area (Å²) >= 11 is 0. The molecule has 22 heavy (non-hydrogen) atoms. The van der Waals surface area contributed by atoms with E-state index in [1.807, 2.05) is 4.90 Å². The molecule has 128 valence electrons. The average Bonchev–Trinajstić information content (AvgIpc) is 2.46. The third kappa shape index (κ3) is 5.15. The summed E-state index contributed by atoms with van der Waals surface area (Å²) < 4.78 is 0. The molecule has 2 amide bonds. The lowest BCUT2D eigenvalue weighted by Gasteiger charge is -2.39. The number of carbonyl (C=O) groups excluding carboxylic acids is 1. The Hall–Kier alpha value is -0.770. The van der Waals surface area contributed by atoms with Gasteiger partial charge in [-0.1, -0.05) is 20.8 Å². The van der Waals surface area contributed by atoms with Gasteiger partial charge in [0.1, 0.15) is 0 Å². The molecule has 0 aromatic rings. The Balaban J connectivity index is 1.72. The van der Waals surface area contributed by atoms with Crippen molar-refractivity contribution in [2.45, 2.75) is 59.4 Å². The highest BCUT2D eigenvalue weighted by Crippen LogP contribution is 2.24. The Morgan fingerprint density at radius 2 is 1.77 bits per heavy atom. The van der Waals surface area contributed by atoms with Gasteiger partial charge in [-0.3, -0.25) is 0 Å². The number of piperidine rings is 2. The highest BCUT2D eigenvalue weighted by Gasteiger charge is 2.27. The topological polar surface area (TPSA) is 35.6 Å². The maximum Gasteiger partial charge on any atom is 0.317 e. The summed E-state index contributed by atoms with van der Waals surface area (Å²) in [6.07, 6.45) is 4.69. The van der Waals surface area contributed by atoms with Crippen LogP contribution in [0.1, 0.15) is 53.4 Å². The quantitative estimate of drug-likeness (QED) is 0.865. The highest BCUT2D eigenvalue weighted by molar-refractivity contribution is 5.74. The van der Waals surface area contributed by atoms with Crippen LogP contribution in [0.15, 0.2) is 0 Å². The zero-order valence-corrected chi connectivity index (χ0v) is 15.0. The van der Waals surface area contributed by atoms with Gasteiger partial charge in [-0.2, -0.15) is 0 Å². The van der Waals surface area contributed by atoms with Crippen LogP contribution in [0.2, 0.25) is 0 Å². The normalized spacial score (nSPS) is 29.4. The van der Waals surface area contributed by atoms with Gasteiger partial charge in [-0.15, -0.1) is 0 Å². The number of hydrogen-bond donors (Lipinski definition) is 1. The van der Waals surface area contributed by atoms with Crippen LogP contribution in [0.3, 0.4) is 0 Å². The molecule has 2 saturated heterocycles. The molecule has 0 bridgehead atoms. The number of carbonyl (C=O) groups is 1. The summed E-state index contributed by atoms with van der Waals surface area (Å²) in [6.45, 7) is 14.5. The fourth-order valence-electron chi connectivity index (χ4n) is 4.03. The van der Waals surface area contributed by atoms with Gasteiger partial charge in [0.15, 0.2) is 0 Å². The summed E-state index contributed by atoms with van der Waals surface area (Å²) in [4.78, 5) is 16.8. The highest BCUT2D eigenvalue weighted by atomic mass is 16.2. The van der Waals surface area contributed by atoms with Crippen LogP contribution in [0.25, 0.3) is 0 Å². The van der Waals surface area contributed by atoms with Gasteiger partial charge in [0.05, 0.1) is 0 Å². The zero-order valence-electron chi connectivity index (χ0n) is 15.0. The van der Waals surface area contributed by atoms with Gasteiger partial charge >= 0.3 is 6.03 Å². The molecule has 0 saturated carbocycles. The maximum atomic E-state index is 12.2. The summed E-state index contributed by atoms with van der Waals surface area (Å²) in [7, 11) is 0. The molecule has 2 rings (SSSR count). The second kappa shape index (κ2) is 8.19. The zero-order chi connectivity index (χ0) is 16.1. The molecule has 0 radical (unpaired) electrons. The number of hydrogen-bond acceptors (Lipinski definition) is 2. The SMILES string of the molecule is CC[C@H](C)NC(=O)N1CCC(CN2C[C@H](C)C[C@H](C)C2)CC1. The minimum Gasteiger partial charge on any atom is -0.336 e.